The summed E-state index contributed by atoms with van der Waals surface area (Å²) in [6.07, 6.45) is 0. The topological polar surface area (TPSA) is 12.0 Å². The monoisotopic (exact) mass is 241 g/mol. The van der Waals surface area contributed by atoms with Crippen LogP contribution < -0.4 is 5.32 Å². The minimum absolute atomic E-state index is 0.102. The Morgan fingerprint density at radius 1 is 1.25 bits per heavy atom. The van der Waals surface area contributed by atoms with Crippen LogP contribution in [0.5, 0.6) is 0 Å². The van der Waals surface area contributed by atoms with Crippen LogP contribution >= 0.6 is 11.8 Å². The Balaban J connectivity index is 2.57. The SMILES string of the molecule is CNC(CSCC(C)C)c1ccccc1F. The van der Waals surface area contributed by atoms with E-state index in [1.807, 2.05) is 30.9 Å². The fourth-order valence-electron chi connectivity index (χ4n) is 1.51. The van der Waals surface area contributed by atoms with Gasteiger partial charge in [0.2, 0.25) is 0 Å². The first-order valence-electron chi connectivity index (χ1n) is 5.64. The average Bonchev–Trinajstić information content (AvgIpc) is 2.25. The Kier molecular flexibility index (Phi) is 5.85. The van der Waals surface area contributed by atoms with Gasteiger partial charge in [-0.05, 0) is 24.8 Å². The molecule has 1 rings (SSSR count). The van der Waals surface area contributed by atoms with E-state index in [1.165, 1.54) is 6.07 Å². The standard InChI is InChI=1S/C13H20FNS/c1-10(2)8-16-9-13(15-3)11-6-4-5-7-12(11)14/h4-7,10,13,15H,8-9H2,1-3H3. The van der Waals surface area contributed by atoms with Crippen molar-refractivity contribution in [2.45, 2.75) is 19.9 Å². The minimum Gasteiger partial charge on any atom is -0.312 e. The van der Waals surface area contributed by atoms with E-state index >= 15 is 0 Å². The second-order valence-corrected chi connectivity index (χ2v) is 5.37. The first kappa shape index (κ1) is 13.5. The van der Waals surface area contributed by atoms with Gasteiger partial charge < -0.3 is 5.32 Å². The number of nitrogens with one attached hydrogen (secondary N) is 1. The lowest BCUT2D eigenvalue weighted by Gasteiger charge is -2.17. The number of hydrogen-bond acceptors (Lipinski definition) is 2. The number of benzene rings is 1. The van der Waals surface area contributed by atoms with Gasteiger partial charge in [-0.1, -0.05) is 32.0 Å². The van der Waals surface area contributed by atoms with Crippen LogP contribution in [0, 0.1) is 11.7 Å². The molecule has 0 aliphatic rings. The molecule has 0 heterocycles. The van der Waals surface area contributed by atoms with Crippen molar-refractivity contribution in [1.29, 1.82) is 0 Å². The zero-order valence-corrected chi connectivity index (χ0v) is 11.0. The molecule has 1 aromatic carbocycles. The molecule has 0 bridgehead atoms. The van der Waals surface area contributed by atoms with E-state index in [2.05, 4.69) is 19.2 Å². The van der Waals surface area contributed by atoms with Crippen molar-refractivity contribution in [3.05, 3.63) is 35.6 Å². The maximum absolute atomic E-state index is 13.6. The molecule has 0 aromatic heterocycles. The second kappa shape index (κ2) is 6.92. The third kappa shape index (κ3) is 4.14. The van der Waals surface area contributed by atoms with E-state index in [1.54, 1.807) is 6.07 Å². The van der Waals surface area contributed by atoms with Crippen LogP contribution in [0.4, 0.5) is 4.39 Å². The van der Waals surface area contributed by atoms with Gasteiger partial charge in [0, 0.05) is 17.4 Å². The summed E-state index contributed by atoms with van der Waals surface area (Å²) in [6, 6.07) is 7.09. The van der Waals surface area contributed by atoms with Crippen LogP contribution in [0.1, 0.15) is 25.5 Å². The summed E-state index contributed by atoms with van der Waals surface area (Å²) < 4.78 is 13.6. The van der Waals surface area contributed by atoms with Gasteiger partial charge in [-0.15, -0.1) is 0 Å². The van der Waals surface area contributed by atoms with Gasteiger partial charge in [-0.3, -0.25) is 0 Å². The largest absolute Gasteiger partial charge is 0.312 e. The normalized spacial score (nSPS) is 13.1. The lowest BCUT2D eigenvalue weighted by molar-refractivity contribution is 0.565. The molecule has 16 heavy (non-hydrogen) atoms. The highest BCUT2D eigenvalue weighted by Crippen LogP contribution is 2.21. The molecule has 0 aliphatic heterocycles. The summed E-state index contributed by atoms with van der Waals surface area (Å²) >= 11 is 1.87. The van der Waals surface area contributed by atoms with Gasteiger partial charge in [-0.2, -0.15) is 11.8 Å². The second-order valence-electron chi connectivity index (χ2n) is 4.29. The Labute approximate surface area is 102 Å². The molecule has 1 aromatic rings. The molecular weight excluding hydrogens is 221 g/mol. The lowest BCUT2D eigenvalue weighted by atomic mass is 10.1. The number of thioether (sulfide) groups is 1. The Morgan fingerprint density at radius 2 is 1.94 bits per heavy atom. The van der Waals surface area contributed by atoms with Crippen LogP contribution in [-0.4, -0.2) is 18.6 Å². The van der Waals surface area contributed by atoms with Gasteiger partial charge >= 0.3 is 0 Å². The first-order chi connectivity index (χ1) is 7.65. The number of halogens is 1. The van der Waals surface area contributed by atoms with E-state index in [4.69, 9.17) is 0 Å². The molecule has 0 spiro atoms. The fraction of sp³-hybridized carbons (Fsp3) is 0.538. The van der Waals surface area contributed by atoms with E-state index in [0.29, 0.717) is 5.92 Å². The predicted molar refractivity (Wildman–Crippen MR) is 70.4 cm³/mol. The Morgan fingerprint density at radius 3 is 2.50 bits per heavy atom. The number of hydrogen-bond donors (Lipinski definition) is 1. The summed E-state index contributed by atoms with van der Waals surface area (Å²) in [4.78, 5) is 0. The summed E-state index contributed by atoms with van der Waals surface area (Å²) in [6.45, 7) is 4.40. The highest BCUT2D eigenvalue weighted by molar-refractivity contribution is 7.99. The smallest absolute Gasteiger partial charge is 0.128 e. The lowest BCUT2D eigenvalue weighted by Crippen LogP contribution is -2.20. The van der Waals surface area contributed by atoms with Crippen molar-refractivity contribution in [1.82, 2.24) is 5.32 Å². The van der Waals surface area contributed by atoms with Crippen molar-refractivity contribution in [2.24, 2.45) is 5.92 Å². The van der Waals surface area contributed by atoms with E-state index in [0.717, 1.165) is 17.1 Å². The molecule has 1 atom stereocenters. The zero-order chi connectivity index (χ0) is 12.0. The van der Waals surface area contributed by atoms with E-state index in [-0.39, 0.29) is 11.9 Å². The highest BCUT2D eigenvalue weighted by atomic mass is 32.2. The molecule has 0 aliphatic carbocycles. The highest BCUT2D eigenvalue weighted by Gasteiger charge is 2.13. The summed E-state index contributed by atoms with van der Waals surface area (Å²) in [5.41, 5.74) is 0.765. The molecule has 1 nitrogen and oxygen atoms in total. The van der Waals surface area contributed by atoms with E-state index < -0.39 is 0 Å². The molecule has 90 valence electrons. The molecule has 3 heteroatoms. The fourth-order valence-corrected chi connectivity index (χ4v) is 2.70. The Hall–Kier alpha value is -0.540. The molecule has 0 saturated heterocycles. The first-order valence-corrected chi connectivity index (χ1v) is 6.80. The molecule has 0 amide bonds. The quantitative estimate of drug-likeness (QED) is 0.818. The van der Waals surface area contributed by atoms with Crippen LogP contribution in [0.3, 0.4) is 0 Å². The maximum Gasteiger partial charge on any atom is 0.128 e. The summed E-state index contributed by atoms with van der Waals surface area (Å²) in [5, 5.41) is 3.17. The third-order valence-corrected chi connectivity index (χ3v) is 3.84. The average molecular weight is 241 g/mol. The van der Waals surface area contributed by atoms with Crippen LogP contribution in [0.2, 0.25) is 0 Å². The van der Waals surface area contributed by atoms with Gasteiger partial charge in [0.05, 0.1) is 0 Å². The van der Waals surface area contributed by atoms with E-state index in [9.17, 15) is 4.39 Å². The molecule has 1 unspecified atom stereocenters. The van der Waals surface area contributed by atoms with Crippen LogP contribution in [0.25, 0.3) is 0 Å². The van der Waals surface area contributed by atoms with Gasteiger partial charge in [0.25, 0.3) is 0 Å². The van der Waals surface area contributed by atoms with Crippen molar-refractivity contribution in [3.63, 3.8) is 0 Å². The molecule has 0 saturated carbocycles. The third-order valence-electron chi connectivity index (χ3n) is 2.36. The van der Waals surface area contributed by atoms with Gasteiger partial charge in [0.1, 0.15) is 5.82 Å². The van der Waals surface area contributed by atoms with Crippen LogP contribution in [0.15, 0.2) is 24.3 Å². The van der Waals surface area contributed by atoms with Crippen LogP contribution in [-0.2, 0) is 0 Å². The summed E-state index contributed by atoms with van der Waals surface area (Å²) in [7, 11) is 1.88. The minimum atomic E-state index is -0.119. The summed E-state index contributed by atoms with van der Waals surface area (Å²) in [5.74, 6) is 2.59. The van der Waals surface area contributed by atoms with Gasteiger partial charge in [-0.25, -0.2) is 4.39 Å². The number of rotatable bonds is 6. The maximum atomic E-state index is 13.6. The van der Waals surface area contributed by atoms with Crippen molar-refractivity contribution in [3.8, 4) is 0 Å². The molecule has 0 fully saturated rings. The van der Waals surface area contributed by atoms with Crippen molar-refractivity contribution in [2.75, 3.05) is 18.6 Å². The molecule has 1 N–H and O–H groups in total. The predicted octanol–water partition coefficient (Wildman–Crippen LogP) is 3.48. The molecule has 0 radical (unpaired) electrons. The molecular formula is C13H20FNS. The van der Waals surface area contributed by atoms with Crippen molar-refractivity contribution >= 4 is 11.8 Å². The Bertz CT molecular complexity index is 315. The zero-order valence-electron chi connectivity index (χ0n) is 10.2. The van der Waals surface area contributed by atoms with Crippen molar-refractivity contribution < 1.29 is 4.39 Å². The van der Waals surface area contributed by atoms with Gasteiger partial charge in [0.15, 0.2) is 0 Å².